The molecule has 0 saturated heterocycles. The molecule has 0 spiro atoms. The van der Waals surface area contributed by atoms with Gasteiger partial charge in [-0.2, -0.15) is 0 Å². The van der Waals surface area contributed by atoms with Crippen LogP contribution in [0.2, 0.25) is 0 Å². The molecule has 0 aromatic heterocycles. The maximum Gasteiger partial charge on any atom is 0.311 e. The van der Waals surface area contributed by atoms with Crippen LogP contribution in [-0.4, -0.2) is 18.9 Å². The van der Waals surface area contributed by atoms with E-state index < -0.39 is 5.41 Å². The fraction of sp³-hybridized carbons (Fsp3) is 0.765. The van der Waals surface area contributed by atoms with Crippen molar-refractivity contribution in [2.75, 3.05) is 7.11 Å². The quantitative estimate of drug-likeness (QED) is 0.588. The van der Waals surface area contributed by atoms with Gasteiger partial charge >= 0.3 is 5.97 Å². The highest BCUT2D eigenvalue weighted by Gasteiger charge is 2.81. The Kier molecular flexibility index (Phi) is 2.74. The summed E-state index contributed by atoms with van der Waals surface area (Å²) in [6.45, 7) is 8.24. The second kappa shape index (κ2) is 3.96. The monoisotopic (exact) mass is 276 g/mol. The summed E-state index contributed by atoms with van der Waals surface area (Å²) in [5, 5.41) is 0. The van der Waals surface area contributed by atoms with E-state index in [0.29, 0.717) is 17.6 Å². The molecule has 0 N–H and O–H groups in total. The van der Waals surface area contributed by atoms with Crippen molar-refractivity contribution in [3.8, 4) is 0 Å². The molecule has 20 heavy (non-hydrogen) atoms. The van der Waals surface area contributed by atoms with E-state index in [0.717, 1.165) is 12.8 Å². The van der Waals surface area contributed by atoms with E-state index in [-0.39, 0.29) is 23.2 Å². The second-order valence-electron chi connectivity index (χ2n) is 7.62. The molecule has 3 nitrogen and oxygen atoms in total. The zero-order valence-electron chi connectivity index (χ0n) is 13.0. The van der Waals surface area contributed by atoms with E-state index in [1.807, 2.05) is 6.92 Å². The molecule has 6 atom stereocenters. The summed E-state index contributed by atoms with van der Waals surface area (Å²) in [7, 11) is 1.45. The summed E-state index contributed by atoms with van der Waals surface area (Å²) in [6, 6.07) is 0. The molecule has 0 radical (unpaired) electrons. The number of methoxy groups -OCH3 is 1. The van der Waals surface area contributed by atoms with Gasteiger partial charge in [-0.1, -0.05) is 18.6 Å². The van der Waals surface area contributed by atoms with Crippen LogP contribution in [0.3, 0.4) is 0 Å². The number of hydrogen-bond acceptors (Lipinski definition) is 3. The van der Waals surface area contributed by atoms with Crippen molar-refractivity contribution in [1.29, 1.82) is 0 Å². The number of ketones is 1. The lowest BCUT2D eigenvalue weighted by Crippen LogP contribution is -2.31. The molecule has 3 heteroatoms. The minimum Gasteiger partial charge on any atom is -0.469 e. The fourth-order valence-electron chi connectivity index (χ4n) is 5.06. The number of hydrogen-bond donors (Lipinski definition) is 0. The average Bonchev–Trinajstić information content (AvgIpc) is 3.03. The number of rotatable bonds is 3. The number of Topliss-reactive ketones (excluding diaryl/α,β-unsaturated/α-hetero) is 1. The standard InChI is InChI=1S/C17H24O3/c1-9(2)6-7-16(3)10-8-17(4,15(19)20-5)13-11(10)12(13)14(16)18/h6,10-13H,7-8H2,1-5H3/t10-,11+,12?,13?,16+,17?/m1/s1. The zero-order valence-corrected chi connectivity index (χ0v) is 13.0. The van der Waals surface area contributed by atoms with E-state index in [1.165, 1.54) is 12.7 Å². The average molecular weight is 276 g/mol. The molecule has 3 saturated carbocycles. The van der Waals surface area contributed by atoms with Crippen LogP contribution in [0.4, 0.5) is 0 Å². The first-order valence-corrected chi connectivity index (χ1v) is 7.53. The van der Waals surface area contributed by atoms with Gasteiger partial charge in [-0.25, -0.2) is 0 Å². The molecule has 0 heterocycles. The van der Waals surface area contributed by atoms with Crippen LogP contribution in [0.25, 0.3) is 0 Å². The van der Waals surface area contributed by atoms with Crippen LogP contribution in [0.15, 0.2) is 11.6 Å². The SMILES string of the molecule is COC(=O)C1(C)C[C@@H]2[C@H]3C(C(=O)[C@@]2(C)CC=C(C)C)C31. The van der Waals surface area contributed by atoms with Crippen molar-refractivity contribution in [3.63, 3.8) is 0 Å². The van der Waals surface area contributed by atoms with Crippen molar-refractivity contribution in [1.82, 2.24) is 0 Å². The number of carbonyl (C=O) groups is 2. The Morgan fingerprint density at radius 2 is 2.05 bits per heavy atom. The van der Waals surface area contributed by atoms with Crippen molar-refractivity contribution in [3.05, 3.63) is 11.6 Å². The molecule has 110 valence electrons. The molecule has 3 aliphatic rings. The third-order valence-corrected chi connectivity index (χ3v) is 6.19. The highest BCUT2D eigenvalue weighted by Crippen LogP contribution is 2.78. The van der Waals surface area contributed by atoms with Gasteiger partial charge in [0.25, 0.3) is 0 Å². The van der Waals surface area contributed by atoms with Crippen molar-refractivity contribution in [2.24, 2.45) is 34.5 Å². The predicted molar refractivity (Wildman–Crippen MR) is 75.9 cm³/mol. The van der Waals surface area contributed by atoms with Gasteiger partial charge in [-0.3, -0.25) is 9.59 Å². The lowest BCUT2D eigenvalue weighted by molar-refractivity contribution is -0.153. The minimum absolute atomic E-state index is 0.119. The molecule has 0 aromatic carbocycles. The van der Waals surface area contributed by atoms with Crippen LogP contribution >= 0.6 is 0 Å². The Labute approximate surface area is 120 Å². The molecular formula is C17H24O3. The molecule has 3 unspecified atom stereocenters. The Morgan fingerprint density at radius 3 is 2.55 bits per heavy atom. The van der Waals surface area contributed by atoms with Gasteiger partial charge in [0.1, 0.15) is 5.78 Å². The first kappa shape index (κ1) is 13.8. The lowest BCUT2D eigenvalue weighted by Gasteiger charge is -2.30. The predicted octanol–water partition coefficient (Wildman–Crippen LogP) is 2.99. The lowest BCUT2D eigenvalue weighted by atomic mass is 9.72. The normalized spacial score (nSPS) is 48.0. The highest BCUT2D eigenvalue weighted by molar-refractivity contribution is 5.96. The maximum absolute atomic E-state index is 12.8. The van der Waals surface area contributed by atoms with Gasteiger partial charge in [0.2, 0.25) is 0 Å². The maximum atomic E-state index is 12.8. The minimum atomic E-state index is -0.437. The molecule has 3 rings (SSSR count). The summed E-state index contributed by atoms with van der Waals surface area (Å²) in [5.74, 6) is 1.41. The molecular weight excluding hydrogens is 252 g/mol. The van der Waals surface area contributed by atoms with Crippen molar-refractivity contribution in [2.45, 2.75) is 40.5 Å². The zero-order chi connectivity index (χ0) is 14.9. The van der Waals surface area contributed by atoms with Gasteiger partial charge in [0.15, 0.2) is 0 Å². The molecule has 0 aromatic rings. The van der Waals surface area contributed by atoms with Gasteiger partial charge in [-0.15, -0.1) is 0 Å². The molecule has 0 aliphatic heterocycles. The summed E-state index contributed by atoms with van der Waals surface area (Å²) in [4.78, 5) is 24.9. The van der Waals surface area contributed by atoms with Crippen molar-refractivity contribution >= 4 is 11.8 Å². The number of esters is 1. The van der Waals surface area contributed by atoms with Crippen LogP contribution in [-0.2, 0) is 14.3 Å². The van der Waals surface area contributed by atoms with E-state index in [2.05, 4.69) is 26.8 Å². The van der Waals surface area contributed by atoms with Gasteiger partial charge < -0.3 is 4.74 Å². The van der Waals surface area contributed by atoms with E-state index in [4.69, 9.17) is 4.74 Å². The van der Waals surface area contributed by atoms with E-state index in [1.54, 1.807) is 0 Å². The Hall–Kier alpha value is -1.12. The molecule has 3 aliphatic carbocycles. The summed E-state index contributed by atoms with van der Waals surface area (Å²) < 4.78 is 5.00. The number of ether oxygens (including phenoxy) is 1. The van der Waals surface area contributed by atoms with Crippen LogP contribution < -0.4 is 0 Å². The number of fused-ring (bicyclic) bond motifs is 1. The van der Waals surface area contributed by atoms with Gasteiger partial charge in [0, 0.05) is 11.3 Å². The van der Waals surface area contributed by atoms with E-state index in [9.17, 15) is 9.59 Å². The van der Waals surface area contributed by atoms with Crippen molar-refractivity contribution < 1.29 is 14.3 Å². The second-order valence-corrected chi connectivity index (χ2v) is 7.62. The first-order valence-electron chi connectivity index (χ1n) is 7.53. The first-order chi connectivity index (χ1) is 9.27. The van der Waals surface area contributed by atoms with Gasteiger partial charge in [-0.05, 0) is 51.4 Å². The Balaban J connectivity index is 1.90. The third kappa shape index (κ3) is 1.47. The summed E-state index contributed by atoms with van der Waals surface area (Å²) in [6.07, 6.45) is 3.80. The van der Waals surface area contributed by atoms with Crippen LogP contribution in [0, 0.1) is 34.5 Å². The highest BCUT2D eigenvalue weighted by atomic mass is 16.5. The Bertz CT molecular complexity index is 516. The Morgan fingerprint density at radius 1 is 1.40 bits per heavy atom. The molecule has 3 fully saturated rings. The van der Waals surface area contributed by atoms with Gasteiger partial charge in [0.05, 0.1) is 12.5 Å². The molecule has 0 bridgehead atoms. The number of carbonyl (C=O) groups excluding carboxylic acids is 2. The van der Waals surface area contributed by atoms with Crippen LogP contribution in [0.1, 0.15) is 40.5 Å². The topological polar surface area (TPSA) is 43.4 Å². The largest absolute Gasteiger partial charge is 0.469 e. The third-order valence-electron chi connectivity index (χ3n) is 6.19. The smallest absolute Gasteiger partial charge is 0.311 e. The summed E-state index contributed by atoms with van der Waals surface area (Å²) in [5.41, 5.74) is 0.548. The van der Waals surface area contributed by atoms with E-state index >= 15 is 0 Å². The summed E-state index contributed by atoms with van der Waals surface area (Å²) >= 11 is 0. The van der Waals surface area contributed by atoms with Crippen LogP contribution in [0.5, 0.6) is 0 Å². The fourth-order valence-corrected chi connectivity index (χ4v) is 5.06. The molecule has 0 amide bonds. The number of allylic oxidation sites excluding steroid dienone is 2.